The fourth-order valence-corrected chi connectivity index (χ4v) is 2.14. The molecule has 5 nitrogen and oxygen atoms in total. The normalized spacial score (nSPS) is 17.2. The summed E-state index contributed by atoms with van der Waals surface area (Å²) in [5.41, 5.74) is 1.10. The van der Waals surface area contributed by atoms with Crippen LogP contribution < -0.4 is 4.90 Å². The van der Waals surface area contributed by atoms with Crippen molar-refractivity contribution in [2.75, 3.05) is 44.2 Å². The van der Waals surface area contributed by atoms with Crippen molar-refractivity contribution >= 4 is 5.95 Å². The molecule has 2 heterocycles. The summed E-state index contributed by atoms with van der Waals surface area (Å²) in [6.07, 6.45) is 4.08. The number of aromatic nitrogens is 2. The van der Waals surface area contributed by atoms with Gasteiger partial charge in [-0.1, -0.05) is 0 Å². The lowest BCUT2D eigenvalue weighted by molar-refractivity contribution is 0.0578. The highest BCUT2D eigenvalue weighted by Gasteiger charge is 2.18. The lowest BCUT2D eigenvalue weighted by atomic mass is 10.3. The predicted octanol–water partition coefficient (Wildman–Crippen LogP) is 1.33. The topological polar surface area (TPSA) is 41.5 Å². The first kappa shape index (κ1) is 14.2. The summed E-state index contributed by atoms with van der Waals surface area (Å²) in [6, 6.07) is 0. The second-order valence-corrected chi connectivity index (χ2v) is 5.31. The van der Waals surface area contributed by atoms with E-state index in [1.54, 1.807) is 0 Å². The van der Waals surface area contributed by atoms with E-state index in [2.05, 4.69) is 33.6 Å². The van der Waals surface area contributed by atoms with Gasteiger partial charge in [0.25, 0.3) is 0 Å². The van der Waals surface area contributed by atoms with Crippen LogP contribution in [0.3, 0.4) is 0 Å². The van der Waals surface area contributed by atoms with Crippen molar-refractivity contribution in [1.82, 2.24) is 14.9 Å². The van der Waals surface area contributed by atoms with Crippen LogP contribution in [0.2, 0.25) is 0 Å². The fraction of sp³-hybridized carbons (Fsp3) is 0.714. The number of aryl methyl sites for hydroxylation is 1. The van der Waals surface area contributed by atoms with Crippen molar-refractivity contribution in [3.8, 4) is 0 Å². The van der Waals surface area contributed by atoms with Crippen LogP contribution in [0.15, 0.2) is 12.4 Å². The smallest absolute Gasteiger partial charge is 0.225 e. The number of anilines is 1. The van der Waals surface area contributed by atoms with Crippen molar-refractivity contribution in [3.05, 3.63) is 18.0 Å². The Hall–Kier alpha value is -1.20. The quantitative estimate of drug-likeness (QED) is 0.802. The van der Waals surface area contributed by atoms with E-state index in [1.807, 2.05) is 19.3 Å². The zero-order valence-electron chi connectivity index (χ0n) is 12.2. The average Bonchev–Trinajstić information content (AvgIpc) is 2.40. The van der Waals surface area contributed by atoms with Gasteiger partial charge in [0.2, 0.25) is 5.95 Å². The van der Waals surface area contributed by atoms with Gasteiger partial charge in [0.1, 0.15) is 0 Å². The Bertz CT molecular complexity index is 372. The van der Waals surface area contributed by atoms with Crippen LogP contribution in [-0.2, 0) is 4.74 Å². The third kappa shape index (κ3) is 4.44. The summed E-state index contributed by atoms with van der Waals surface area (Å²) < 4.78 is 5.59. The lowest BCUT2D eigenvalue weighted by Crippen LogP contribution is -2.48. The van der Waals surface area contributed by atoms with E-state index in [-0.39, 0.29) is 0 Å². The molecular weight excluding hydrogens is 240 g/mol. The molecule has 0 N–H and O–H groups in total. The van der Waals surface area contributed by atoms with Crippen LogP contribution in [-0.4, -0.2) is 60.3 Å². The van der Waals surface area contributed by atoms with Crippen LogP contribution >= 0.6 is 0 Å². The molecule has 1 aliphatic heterocycles. The van der Waals surface area contributed by atoms with Gasteiger partial charge < -0.3 is 9.64 Å². The Kier molecular flexibility index (Phi) is 5.10. The molecule has 19 heavy (non-hydrogen) atoms. The molecule has 0 bridgehead atoms. The molecule has 0 radical (unpaired) electrons. The first-order valence-corrected chi connectivity index (χ1v) is 7.02. The third-order valence-corrected chi connectivity index (χ3v) is 3.28. The molecule has 0 unspecified atom stereocenters. The highest BCUT2D eigenvalue weighted by Crippen LogP contribution is 2.10. The SMILES string of the molecule is Cc1cnc(N2CCN(CCOC(C)C)CC2)nc1. The summed E-state index contributed by atoms with van der Waals surface area (Å²) in [5, 5.41) is 0. The first-order valence-electron chi connectivity index (χ1n) is 7.02. The fourth-order valence-electron chi connectivity index (χ4n) is 2.14. The summed E-state index contributed by atoms with van der Waals surface area (Å²) in [6.45, 7) is 12.1. The monoisotopic (exact) mass is 264 g/mol. The van der Waals surface area contributed by atoms with E-state index < -0.39 is 0 Å². The number of hydrogen-bond acceptors (Lipinski definition) is 5. The zero-order valence-corrected chi connectivity index (χ0v) is 12.2. The minimum atomic E-state index is 0.322. The molecule has 1 aromatic heterocycles. The van der Waals surface area contributed by atoms with Crippen LogP contribution in [0.4, 0.5) is 5.95 Å². The molecule has 1 aliphatic rings. The van der Waals surface area contributed by atoms with Gasteiger partial charge in [-0.15, -0.1) is 0 Å². The highest BCUT2D eigenvalue weighted by atomic mass is 16.5. The average molecular weight is 264 g/mol. The highest BCUT2D eigenvalue weighted by molar-refractivity contribution is 5.30. The Morgan fingerprint density at radius 1 is 1.16 bits per heavy atom. The summed E-state index contributed by atoms with van der Waals surface area (Å²) in [5.74, 6) is 0.851. The number of piperazine rings is 1. The maximum atomic E-state index is 5.59. The summed E-state index contributed by atoms with van der Waals surface area (Å²) in [7, 11) is 0. The molecule has 0 amide bonds. The molecule has 0 atom stereocenters. The van der Waals surface area contributed by atoms with Gasteiger partial charge in [-0.3, -0.25) is 4.90 Å². The van der Waals surface area contributed by atoms with E-state index in [0.29, 0.717) is 6.10 Å². The molecule has 5 heteroatoms. The molecule has 0 aromatic carbocycles. The number of rotatable bonds is 5. The van der Waals surface area contributed by atoms with Crippen LogP contribution in [0.1, 0.15) is 19.4 Å². The number of nitrogens with zero attached hydrogens (tertiary/aromatic N) is 4. The third-order valence-electron chi connectivity index (χ3n) is 3.28. The van der Waals surface area contributed by atoms with Crippen LogP contribution in [0.25, 0.3) is 0 Å². The number of hydrogen-bond donors (Lipinski definition) is 0. The second kappa shape index (κ2) is 6.82. The maximum Gasteiger partial charge on any atom is 0.225 e. The minimum absolute atomic E-state index is 0.322. The molecule has 106 valence electrons. The van der Waals surface area contributed by atoms with Gasteiger partial charge in [0.05, 0.1) is 12.7 Å². The van der Waals surface area contributed by atoms with E-state index in [4.69, 9.17) is 4.74 Å². The van der Waals surface area contributed by atoms with Gasteiger partial charge in [-0.25, -0.2) is 9.97 Å². The summed E-state index contributed by atoms with van der Waals surface area (Å²) in [4.78, 5) is 13.5. The van der Waals surface area contributed by atoms with Gasteiger partial charge in [0.15, 0.2) is 0 Å². The van der Waals surface area contributed by atoms with E-state index in [1.165, 1.54) is 0 Å². The largest absolute Gasteiger partial charge is 0.377 e. The molecule has 1 saturated heterocycles. The minimum Gasteiger partial charge on any atom is -0.377 e. The Balaban J connectivity index is 1.74. The molecule has 0 saturated carbocycles. The van der Waals surface area contributed by atoms with E-state index >= 15 is 0 Å². The Morgan fingerprint density at radius 2 is 1.79 bits per heavy atom. The van der Waals surface area contributed by atoms with Gasteiger partial charge in [0, 0.05) is 45.1 Å². The van der Waals surface area contributed by atoms with Gasteiger partial charge in [-0.05, 0) is 26.3 Å². The zero-order chi connectivity index (χ0) is 13.7. The Labute approximate surface area is 115 Å². The molecule has 1 aromatic rings. The van der Waals surface area contributed by atoms with Crippen molar-refractivity contribution < 1.29 is 4.74 Å². The molecule has 2 rings (SSSR count). The van der Waals surface area contributed by atoms with Gasteiger partial charge in [-0.2, -0.15) is 0 Å². The lowest BCUT2D eigenvalue weighted by Gasteiger charge is -2.34. The summed E-state index contributed by atoms with van der Waals surface area (Å²) >= 11 is 0. The van der Waals surface area contributed by atoms with Crippen molar-refractivity contribution in [1.29, 1.82) is 0 Å². The van der Waals surface area contributed by atoms with Crippen molar-refractivity contribution in [2.45, 2.75) is 26.9 Å². The molecule has 0 aliphatic carbocycles. The van der Waals surface area contributed by atoms with Gasteiger partial charge >= 0.3 is 0 Å². The molecular formula is C14H24N4O. The standard InChI is InChI=1S/C14H24N4O/c1-12(2)19-9-8-17-4-6-18(7-5-17)14-15-10-13(3)11-16-14/h10-12H,4-9H2,1-3H3. The van der Waals surface area contributed by atoms with Crippen molar-refractivity contribution in [2.24, 2.45) is 0 Å². The Morgan fingerprint density at radius 3 is 2.37 bits per heavy atom. The molecule has 0 spiro atoms. The second-order valence-electron chi connectivity index (χ2n) is 5.31. The maximum absolute atomic E-state index is 5.59. The van der Waals surface area contributed by atoms with E-state index in [0.717, 1.165) is 50.8 Å². The van der Waals surface area contributed by atoms with Crippen LogP contribution in [0, 0.1) is 6.92 Å². The van der Waals surface area contributed by atoms with Crippen molar-refractivity contribution in [3.63, 3.8) is 0 Å². The van der Waals surface area contributed by atoms with Crippen LogP contribution in [0.5, 0.6) is 0 Å². The first-order chi connectivity index (χ1) is 9.15. The molecule has 1 fully saturated rings. The number of ether oxygens (including phenoxy) is 1. The van der Waals surface area contributed by atoms with E-state index in [9.17, 15) is 0 Å². The predicted molar refractivity (Wildman–Crippen MR) is 76.5 cm³/mol.